The van der Waals surface area contributed by atoms with Gasteiger partial charge in [0.2, 0.25) is 0 Å². The van der Waals surface area contributed by atoms with Gasteiger partial charge in [0.25, 0.3) is 0 Å². The van der Waals surface area contributed by atoms with Gasteiger partial charge in [0.05, 0.1) is 0 Å². The van der Waals surface area contributed by atoms with Crippen molar-refractivity contribution in [3.63, 3.8) is 0 Å². The minimum absolute atomic E-state index is 0. The van der Waals surface area contributed by atoms with Crippen molar-refractivity contribution in [1.29, 1.82) is 0 Å². The highest BCUT2D eigenvalue weighted by atomic mass is 35.5. The lowest BCUT2D eigenvalue weighted by Gasteiger charge is -2.11. The molecule has 0 aliphatic carbocycles. The number of benzene rings is 1. The Balaban J connectivity index is 0.00000169. The molecule has 0 saturated heterocycles. The second kappa shape index (κ2) is 5.99. The fourth-order valence-electron chi connectivity index (χ4n) is 1.32. The molecule has 0 bridgehead atoms. The number of hydrogen-bond donors (Lipinski definition) is 1. The first kappa shape index (κ1) is 13.4. The molecule has 0 unspecified atom stereocenters. The van der Waals surface area contributed by atoms with Crippen LogP contribution in [-0.2, 0) is 0 Å². The Hall–Kier alpha value is -0.600. The van der Waals surface area contributed by atoms with E-state index in [0.717, 1.165) is 18.4 Å². The van der Waals surface area contributed by atoms with Gasteiger partial charge in [-0.05, 0) is 30.5 Å². The van der Waals surface area contributed by atoms with Crippen LogP contribution in [0.4, 0.5) is 4.39 Å². The summed E-state index contributed by atoms with van der Waals surface area (Å²) in [6, 6.07) is 5.19. The van der Waals surface area contributed by atoms with Crippen LogP contribution in [0.15, 0.2) is 18.2 Å². The Morgan fingerprint density at radius 1 is 1.43 bits per heavy atom. The van der Waals surface area contributed by atoms with E-state index in [2.05, 4.69) is 6.92 Å². The van der Waals surface area contributed by atoms with Crippen molar-refractivity contribution in [3.8, 4) is 0 Å². The normalized spacial score (nSPS) is 12.0. The summed E-state index contributed by atoms with van der Waals surface area (Å²) in [5, 5.41) is 0. The van der Waals surface area contributed by atoms with Crippen LogP contribution < -0.4 is 5.73 Å². The van der Waals surface area contributed by atoms with Gasteiger partial charge in [-0.25, -0.2) is 4.39 Å². The lowest BCUT2D eigenvalue weighted by molar-refractivity contribution is 0.599. The number of aryl methyl sites for hydroxylation is 1. The molecule has 1 rings (SSSR count). The molecule has 0 aliphatic heterocycles. The van der Waals surface area contributed by atoms with Gasteiger partial charge in [0.1, 0.15) is 5.82 Å². The standard InChI is InChI=1S/C11H16FN.ClH/c1-3-4-11(13)9-6-5-8(2)10(12)7-9;/h5-7,11H,3-4,13H2,1-2H3;1H/t11-;/m1./s1. The number of rotatable bonds is 3. The minimum atomic E-state index is -0.163. The highest BCUT2D eigenvalue weighted by Gasteiger charge is 2.06. The summed E-state index contributed by atoms with van der Waals surface area (Å²) in [5.41, 5.74) is 7.42. The number of hydrogen-bond acceptors (Lipinski definition) is 1. The molecule has 0 radical (unpaired) electrons. The van der Waals surface area contributed by atoms with Crippen molar-refractivity contribution in [2.24, 2.45) is 5.73 Å². The van der Waals surface area contributed by atoms with Gasteiger partial charge in [-0.2, -0.15) is 0 Å². The molecule has 1 atom stereocenters. The molecular formula is C11H17ClFN. The summed E-state index contributed by atoms with van der Waals surface area (Å²) >= 11 is 0. The second-order valence-electron chi connectivity index (χ2n) is 3.40. The molecule has 14 heavy (non-hydrogen) atoms. The molecule has 3 heteroatoms. The molecule has 2 N–H and O–H groups in total. The topological polar surface area (TPSA) is 26.0 Å². The molecule has 1 aromatic carbocycles. The highest BCUT2D eigenvalue weighted by molar-refractivity contribution is 5.85. The molecule has 1 nitrogen and oxygen atoms in total. The van der Waals surface area contributed by atoms with E-state index >= 15 is 0 Å². The van der Waals surface area contributed by atoms with E-state index in [-0.39, 0.29) is 24.3 Å². The van der Waals surface area contributed by atoms with E-state index in [1.54, 1.807) is 13.0 Å². The smallest absolute Gasteiger partial charge is 0.126 e. The third-order valence-electron chi connectivity index (χ3n) is 2.22. The summed E-state index contributed by atoms with van der Waals surface area (Å²) in [5.74, 6) is -0.163. The quantitative estimate of drug-likeness (QED) is 0.826. The first-order valence-electron chi connectivity index (χ1n) is 4.66. The van der Waals surface area contributed by atoms with Crippen LogP contribution in [0.1, 0.15) is 36.9 Å². The van der Waals surface area contributed by atoms with Crippen molar-refractivity contribution in [2.45, 2.75) is 32.7 Å². The van der Waals surface area contributed by atoms with Crippen LogP contribution in [0, 0.1) is 12.7 Å². The fourth-order valence-corrected chi connectivity index (χ4v) is 1.32. The van der Waals surface area contributed by atoms with E-state index in [1.165, 1.54) is 6.07 Å². The zero-order valence-electron chi connectivity index (χ0n) is 8.59. The van der Waals surface area contributed by atoms with Crippen LogP contribution in [0.2, 0.25) is 0 Å². The molecule has 0 spiro atoms. The largest absolute Gasteiger partial charge is 0.324 e. The van der Waals surface area contributed by atoms with Crippen molar-refractivity contribution >= 4 is 12.4 Å². The van der Waals surface area contributed by atoms with E-state index in [1.807, 2.05) is 6.07 Å². The number of nitrogens with two attached hydrogens (primary N) is 1. The van der Waals surface area contributed by atoms with Crippen LogP contribution in [0.3, 0.4) is 0 Å². The molecule has 0 fully saturated rings. The second-order valence-corrected chi connectivity index (χ2v) is 3.40. The first-order chi connectivity index (χ1) is 6.15. The summed E-state index contributed by atoms with van der Waals surface area (Å²) in [6.07, 6.45) is 1.93. The lowest BCUT2D eigenvalue weighted by atomic mass is 10.0. The van der Waals surface area contributed by atoms with Crippen molar-refractivity contribution in [3.05, 3.63) is 35.1 Å². The van der Waals surface area contributed by atoms with Crippen LogP contribution in [0.25, 0.3) is 0 Å². The maximum Gasteiger partial charge on any atom is 0.126 e. The predicted octanol–water partition coefficient (Wildman–Crippen LogP) is 3.36. The lowest BCUT2D eigenvalue weighted by Crippen LogP contribution is -2.10. The van der Waals surface area contributed by atoms with Gasteiger partial charge in [0.15, 0.2) is 0 Å². The molecule has 0 amide bonds. The molecule has 0 saturated carbocycles. The van der Waals surface area contributed by atoms with Gasteiger partial charge in [-0.1, -0.05) is 25.5 Å². The maximum atomic E-state index is 13.1. The van der Waals surface area contributed by atoms with E-state index < -0.39 is 0 Å². The summed E-state index contributed by atoms with van der Waals surface area (Å²) in [4.78, 5) is 0. The maximum absolute atomic E-state index is 13.1. The van der Waals surface area contributed by atoms with Gasteiger partial charge < -0.3 is 5.73 Å². The van der Waals surface area contributed by atoms with Crippen molar-refractivity contribution < 1.29 is 4.39 Å². The Morgan fingerprint density at radius 3 is 2.57 bits per heavy atom. The monoisotopic (exact) mass is 217 g/mol. The molecule has 0 aromatic heterocycles. The molecule has 0 heterocycles. The van der Waals surface area contributed by atoms with E-state index in [9.17, 15) is 4.39 Å². The third kappa shape index (κ3) is 3.28. The van der Waals surface area contributed by atoms with E-state index in [4.69, 9.17) is 5.73 Å². The summed E-state index contributed by atoms with van der Waals surface area (Å²) < 4.78 is 13.1. The average Bonchev–Trinajstić information content (AvgIpc) is 2.10. The van der Waals surface area contributed by atoms with Gasteiger partial charge in [-0.15, -0.1) is 12.4 Å². The Kier molecular flexibility index (Phi) is 5.73. The zero-order valence-corrected chi connectivity index (χ0v) is 9.40. The highest BCUT2D eigenvalue weighted by Crippen LogP contribution is 2.18. The molecular weight excluding hydrogens is 201 g/mol. The van der Waals surface area contributed by atoms with E-state index in [0.29, 0.717) is 5.56 Å². The van der Waals surface area contributed by atoms with Gasteiger partial charge in [0, 0.05) is 6.04 Å². The van der Waals surface area contributed by atoms with Crippen LogP contribution in [0.5, 0.6) is 0 Å². The van der Waals surface area contributed by atoms with Crippen molar-refractivity contribution in [2.75, 3.05) is 0 Å². The van der Waals surface area contributed by atoms with Crippen molar-refractivity contribution in [1.82, 2.24) is 0 Å². The average molecular weight is 218 g/mol. The Labute approximate surface area is 90.9 Å². The van der Waals surface area contributed by atoms with Gasteiger partial charge in [-0.3, -0.25) is 0 Å². The third-order valence-corrected chi connectivity index (χ3v) is 2.22. The minimum Gasteiger partial charge on any atom is -0.324 e. The van der Waals surface area contributed by atoms with Crippen LogP contribution >= 0.6 is 12.4 Å². The zero-order chi connectivity index (χ0) is 9.84. The molecule has 1 aromatic rings. The summed E-state index contributed by atoms with van der Waals surface area (Å²) in [7, 11) is 0. The first-order valence-corrected chi connectivity index (χ1v) is 4.66. The van der Waals surface area contributed by atoms with Gasteiger partial charge >= 0.3 is 0 Å². The number of halogens is 2. The summed E-state index contributed by atoms with van der Waals surface area (Å²) in [6.45, 7) is 3.83. The SMILES string of the molecule is CCC[C@@H](N)c1ccc(C)c(F)c1.Cl. The Morgan fingerprint density at radius 2 is 2.07 bits per heavy atom. The molecule has 0 aliphatic rings. The fraction of sp³-hybridized carbons (Fsp3) is 0.455. The Bertz CT molecular complexity index is 289. The van der Waals surface area contributed by atoms with Crippen LogP contribution in [-0.4, -0.2) is 0 Å². The predicted molar refractivity (Wildman–Crippen MR) is 60.2 cm³/mol. The molecule has 80 valence electrons.